The fourth-order valence-electron chi connectivity index (χ4n) is 1.75. The second-order valence-corrected chi connectivity index (χ2v) is 4.83. The number of carbonyl (C=O) groups excluding carboxylic acids is 1. The molecular weight excluding hydrogens is 234 g/mol. The maximum atomic E-state index is 11.3. The number of amides is 1. The van der Waals surface area contributed by atoms with E-state index < -0.39 is 5.54 Å². The minimum atomic E-state index is -0.399. The van der Waals surface area contributed by atoms with Crippen molar-refractivity contribution in [3.63, 3.8) is 0 Å². The maximum absolute atomic E-state index is 11.3. The number of hydrogen-bond donors (Lipinski definition) is 1. The van der Waals surface area contributed by atoms with Crippen LogP contribution in [0.4, 0.5) is 0 Å². The standard InChI is InChI=1S/C17H21NO/c1-15(19)18-17(2,3)16-13-11-9-7-5-4-6-8-10-12-14-16/h4-14H,1-3H3,(H,18,19)/b5-4-,6-4?,7-5?,8-6-,9-7-,10-8?,11-9?,12-10-,13-11?,14-12?,16-13?,16-14?. The molecule has 0 atom stereocenters. The summed E-state index contributed by atoms with van der Waals surface area (Å²) in [6, 6.07) is 0. The van der Waals surface area contributed by atoms with Crippen LogP contribution in [0.3, 0.4) is 0 Å². The van der Waals surface area contributed by atoms with Crippen molar-refractivity contribution < 1.29 is 4.79 Å². The zero-order valence-electron chi connectivity index (χ0n) is 11.8. The minimum absolute atomic E-state index is 0.0345. The van der Waals surface area contributed by atoms with Gasteiger partial charge in [-0.1, -0.05) is 66.8 Å². The lowest BCUT2D eigenvalue weighted by Gasteiger charge is -2.27. The third kappa shape index (κ3) is 5.87. The molecule has 19 heavy (non-hydrogen) atoms. The highest BCUT2D eigenvalue weighted by Crippen LogP contribution is 2.18. The first kappa shape index (κ1) is 15.0. The van der Waals surface area contributed by atoms with Gasteiger partial charge in [0.05, 0.1) is 5.54 Å². The van der Waals surface area contributed by atoms with Crippen molar-refractivity contribution in [3.05, 3.63) is 72.4 Å². The van der Waals surface area contributed by atoms with E-state index in [4.69, 9.17) is 0 Å². The highest BCUT2D eigenvalue weighted by molar-refractivity contribution is 5.74. The summed E-state index contributed by atoms with van der Waals surface area (Å²) in [5, 5.41) is 2.95. The Kier molecular flexibility index (Phi) is 5.80. The fourth-order valence-corrected chi connectivity index (χ4v) is 1.75. The van der Waals surface area contributed by atoms with Gasteiger partial charge < -0.3 is 5.32 Å². The molecule has 0 fully saturated rings. The van der Waals surface area contributed by atoms with Crippen LogP contribution >= 0.6 is 0 Å². The van der Waals surface area contributed by atoms with Crippen LogP contribution in [0, 0.1) is 0 Å². The van der Waals surface area contributed by atoms with Crippen molar-refractivity contribution in [3.8, 4) is 0 Å². The summed E-state index contributed by atoms with van der Waals surface area (Å²) in [6.45, 7) is 5.51. The van der Waals surface area contributed by atoms with E-state index in [0.29, 0.717) is 0 Å². The Morgan fingerprint density at radius 2 is 1.37 bits per heavy atom. The molecule has 1 amide bonds. The molecule has 0 aromatic carbocycles. The van der Waals surface area contributed by atoms with Crippen LogP contribution in [0.1, 0.15) is 20.8 Å². The van der Waals surface area contributed by atoms with E-state index in [0.717, 1.165) is 5.57 Å². The summed E-state index contributed by atoms with van der Waals surface area (Å²) in [5.41, 5.74) is 0.644. The molecule has 0 aliphatic heterocycles. The van der Waals surface area contributed by atoms with Gasteiger partial charge in [-0.3, -0.25) is 4.79 Å². The molecule has 0 saturated carbocycles. The van der Waals surface area contributed by atoms with Gasteiger partial charge in [0.25, 0.3) is 0 Å². The molecular formula is C17H21NO. The number of nitrogens with one attached hydrogen (secondary N) is 1. The van der Waals surface area contributed by atoms with E-state index in [1.165, 1.54) is 6.92 Å². The van der Waals surface area contributed by atoms with Gasteiger partial charge in [0.1, 0.15) is 0 Å². The summed E-state index contributed by atoms with van der Waals surface area (Å²) in [4.78, 5) is 11.3. The van der Waals surface area contributed by atoms with E-state index in [1.54, 1.807) is 0 Å². The lowest BCUT2D eigenvalue weighted by molar-refractivity contribution is -0.120. The Balaban J connectivity index is 3.03. The lowest BCUT2D eigenvalue weighted by atomic mass is 9.92. The van der Waals surface area contributed by atoms with Crippen LogP contribution in [-0.4, -0.2) is 11.4 Å². The lowest BCUT2D eigenvalue weighted by Crippen LogP contribution is -2.43. The van der Waals surface area contributed by atoms with Crippen molar-refractivity contribution in [1.29, 1.82) is 0 Å². The molecule has 0 aromatic rings. The van der Waals surface area contributed by atoms with Crippen molar-refractivity contribution >= 4 is 5.91 Å². The molecule has 2 heteroatoms. The molecule has 100 valence electrons. The van der Waals surface area contributed by atoms with Gasteiger partial charge in [0.2, 0.25) is 5.91 Å². The van der Waals surface area contributed by atoms with Crippen molar-refractivity contribution in [2.24, 2.45) is 0 Å². The Hall–Kier alpha value is -2.09. The van der Waals surface area contributed by atoms with E-state index in [1.807, 2.05) is 80.7 Å². The summed E-state index contributed by atoms with van der Waals surface area (Å²) in [5.74, 6) is -0.0345. The maximum Gasteiger partial charge on any atom is 0.217 e. The number of allylic oxidation sites excluding steroid dienone is 10. The first-order valence-corrected chi connectivity index (χ1v) is 6.36. The minimum Gasteiger partial charge on any atom is -0.347 e. The summed E-state index contributed by atoms with van der Waals surface area (Å²) < 4.78 is 0. The van der Waals surface area contributed by atoms with E-state index in [2.05, 4.69) is 5.32 Å². The van der Waals surface area contributed by atoms with Crippen LogP contribution in [0.15, 0.2) is 72.4 Å². The van der Waals surface area contributed by atoms with Crippen molar-refractivity contribution in [2.75, 3.05) is 0 Å². The molecule has 2 nitrogen and oxygen atoms in total. The predicted octanol–water partition coefficient (Wildman–Crippen LogP) is 3.62. The average Bonchev–Trinajstić information content (AvgIpc) is 2.27. The molecule has 1 aliphatic rings. The van der Waals surface area contributed by atoms with Crippen LogP contribution in [0.25, 0.3) is 0 Å². The molecule has 0 bridgehead atoms. The highest BCUT2D eigenvalue weighted by Gasteiger charge is 2.21. The largest absolute Gasteiger partial charge is 0.347 e. The third-order valence-corrected chi connectivity index (χ3v) is 2.65. The summed E-state index contributed by atoms with van der Waals surface area (Å²) >= 11 is 0. The molecule has 1 rings (SSSR count). The van der Waals surface area contributed by atoms with E-state index >= 15 is 0 Å². The third-order valence-electron chi connectivity index (χ3n) is 2.65. The molecule has 0 unspecified atom stereocenters. The first-order chi connectivity index (χ1) is 9.02. The van der Waals surface area contributed by atoms with Gasteiger partial charge in [-0.2, -0.15) is 0 Å². The van der Waals surface area contributed by atoms with Crippen LogP contribution in [-0.2, 0) is 4.79 Å². The molecule has 1 N–H and O–H groups in total. The number of carbonyl (C=O) groups is 1. The summed E-state index contributed by atoms with van der Waals surface area (Å²) in [6.07, 6.45) is 21.7. The number of hydrogen-bond acceptors (Lipinski definition) is 1. The van der Waals surface area contributed by atoms with Gasteiger partial charge in [0, 0.05) is 6.92 Å². The van der Waals surface area contributed by atoms with E-state index in [9.17, 15) is 4.79 Å². The quantitative estimate of drug-likeness (QED) is 0.802. The Morgan fingerprint density at radius 3 is 1.89 bits per heavy atom. The molecule has 1 aliphatic carbocycles. The Morgan fingerprint density at radius 1 is 0.895 bits per heavy atom. The number of rotatable bonds is 2. The van der Waals surface area contributed by atoms with Crippen molar-refractivity contribution in [2.45, 2.75) is 26.3 Å². The van der Waals surface area contributed by atoms with Gasteiger partial charge in [-0.05, 0) is 19.4 Å². The zero-order chi connectivity index (χ0) is 14.1. The van der Waals surface area contributed by atoms with Crippen molar-refractivity contribution in [1.82, 2.24) is 5.32 Å². The average molecular weight is 255 g/mol. The van der Waals surface area contributed by atoms with Gasteiger partial charge >= 0.3 is 0 Å². The predicted molar refractivity (Wildman–Crippen MR) is 81.7 cm³/mol. The summed E-state index contributed by atoms with van der Waals surface area (Å²) in [7, 11) is 0. The molecule has 0 radical (unpaired) electrons. The van der Waals surface area contributed by atoms with Gasteiger partial charge in [0.15, 0.2) is 0 Å². The zero-order valence-corrected chi connectivity index (χ0v) is 11.8. The highest BCUT2D eigenvalue weighted by atomic mass is 16.1. The van der Waals surface area contributed by atoms with E-state index in [-0.39, 0.29) is 5.91 Å². The van der Waals surface area contributed by atoms with Crippen LogP contribution < -0.4 is 5.32 Å². The molecule has 0 saturated heterocycles. The topological polar surface area (TPSA) is 29.1 Å². The second kappa shape index (κ2) is 7.37. The molecule has 0 aromatic heterocycles. The normalized spacial score (nSPS) is 22.4. The Labute approximate surface area is 115 Å². The molecule has 0 spiro atoms. The Bertz CT molecular complexity index is 485. The van der Waals surface area contributed by atoms with Crippen LogP contribution in [0.2, 0.25) is 0 Å². The smallest absolute Gasteiger partial charge is 0.217 e. The second-order valence-electron chi connectivity index (χ2n) is 4.83. The van der Waals surface area contributed by atoms with Crippen LogP contribution in [0.5, 0.6) is 0 Å². The monoisotopic (exact) mass is 255 g/mol. The molecule has 0 heterocycles. The SMILES string of the molecule is CC(=O)NC(C)(C)C1=C\C=C/C=C\C=C/C=C\C=C1. The fraction of sp³-hybridized carbons (Fsp3) is 0.235. The van der Waals surface area contributed by atoms with Gasteiger partial charge in [-0.25, -0.2) is 0 Å². The first-order valence-electron chi connectivity index (χ1n) is 6.36. The van der Waals surface area contributed by atoms with Gasteiger partial charge in [-0.15, -0.1) is 0 Å².